The first-order valence-corrected chi connectivity index (χ1v) is 6.64. The molecule has 0 saturated heterocycles. The van der Waals surface area contributed by atoms with Crippen LogP contribution in [0.15, 0.2) is 24.3 Å². The second-order valence-electron chi connectivity index (χ2n) is 5.70. The first kappa shape index (κ1) is 14.8. The van der Waals surface area contributed by atoms with Crippen molar-refractivity contribution < 1.29 is 23.4 Å². The minimum atomic E-state index is -2.87. The summed E-state index contributed by atoms with van der Waals surface area (Å²) in [6.07, 6.45) is 1.18. The molecule has 0 amide bonds. The Morgan fingerprint density at radius 1 is 1.30 bits per heavy atom. The van der Waals surface area contributed by atoms with E-state index in [2.05, 4.69) is 18.6 Å². The van der Waals surface area contributed by atoms with Crippen molar-refractivity contribution in [1.82, 2.24) is 0 Å². The van der Waals surface area contributed by atoms with E-state index in [4.69, 9.17) is 0 Å². The van der Waals surface area contributed by atoms with Crippen molar-refractivity contribution in [3.05, 3.63) is 29.8 Å². The van der Waals surface area contributed by atoms with Crippen LogP contribution in [0.3, 0.4) is 0 Å². The van der Waals surface area contributed by atoms with Gasteiger partial charge in [-0.25, -0.2) is 0 Å². The lowest BCUT2D eigenvalue weighted by atomic mass is 9.56. The molecule has 0 heterocycles. The number of aliphatic carboxylic acids is 1. The highest BCUT2D eigenvalue weighted by molar-refractivity contribution is 5.82. The van der Waals surface area contributed by atoms with Crippen LogP contribution in [0.4, 0.5) is 8.78 Å². The van der Waals surface area contributed by atoms with Crippen LogP contribution in [-0.4, -0.2) is 17.7 Å². The predicted molar refractivity (Wildman–Crippen MR) is 69.9 cm³/mol. The first-order chi connectivity index (χ1) is 9.35. The minimum absolute atomic E-state index is 0.0454. The number of carboxylic acids is 1. The molecule has 0 radical (unpaired) electrons. The van der Waals surface area contributed by atoms with E-state index in [9.17, 15) is 18.7 Å². The smallest absolute Gasteiger partial charge is 0.387 e. The average molecular weight is 284 g/mol. The Labute approximate surface area is 116 Å². The molecule has 0 unspecified atom stereocenters. The van der Waals surface area contributed by atoms with Gasteiger partial charge in [-0.3, -0.25) is 4.79 Å². The molecular weight excluding hydrogens is 266 g/mol. The van der Waals surface area contributed by atoms with Gasteiger partial charge in [0.15, 0.2) is 0 Å². The Morgan fingerprint density at radius 2 is 1.85 bits per heavy atom. The van der Waals surface area contributed by atoms with Crippen LogP contribution in [0.2, 0.25) is 0 Å². The van der Waals surface area contributed by atoms with Crippen LogP contribution in [0.1, 0.15) is 32.3 Å². The molecule has 20 heavy (non-hydrogen) atoms. The first-order valence-electron chi connectivity index (χ1n) is 6.64. The summed E-state index contributed by atoms with van der Waals surface area (Å²) in [6, 6.07) is 5.94. The van der Waals surface area contributed by atoms with Gasteiger partial charge in [0.05, 0.1) is 5.41 Å². The molecule has 1 saturated carbocycles. The largest absolute Gasteiger partial charge is 0.481 e. The summed E-state index contributed by atoms with van der Waals surface area (Å²) in [6.45, 7) is 1.29. The van der Waals surface area contributed by atoms with Gasteiger partial charge in [-0.15, -0.1) is 0 Å². The highest BCUT2D eigenvalue weighted by Gasteiger charge is 2.52. The SMILES string of the molecule is CC(C)C1CC(C(=O)O)(c2ccc(OC(F)F)cc2)C1. The van der Waals surface area contributed by atoms with Crippen molar-refractivity contribution in [3.63, 3.8) is 0 Å². The van der Waals surface area contributed by atoms with E-state index in [0.29, 0.717) is 30.2 Å². The van der Waals surface area contributed by atoms with Gasteiger partial charge in [0.25, 0.3) is 0 Å². The molecule has 1 aliphatic carbocycles. The zero-order valence-corrected chi connectivity index (χ0v) is 11.5. The number of hydrogen-bond acceptors (Lipinski definition) is 2. The van der Waals surface area contributed by atoms with E-state index in [1.807, 2.05) is 0 Å². The number of hydrogen-bond donors (Lipinski definition) is 1. The molecule has 2 rings (SSSR count). The summed E-state index contributed by atoms with van der Waals surface area (Å²) < 4.78 is 28.4. The molecule has 1 fully saturated rings. The summed E-state index contributed by atoms with van der Waals surface area (Å²) in [4.78, 5) is 11.6. The lowest BCUT2D eigenvalue weighted by Crippen LogP contribution is -2.49. The average Bonchev–Trinajstić information content (AvgIpc) is 2.28. The quantitative estimate of drug-likeness (QED) is 0.897. The van der Waals surface area contributed by atoms with Crippen molar-refractivity contribution in [3.8, 4) is 5.75 Å². The van der Waals surface area contributed by atoms with Crippen LogP contribution in [0.25, 0.3) is 0 Å². The molecule has 1 N–H and O–H groups in total. The maximum Gasteiger partial charge on any atom is 0.387 e. The van der Waals surface area contributed by atoms with Crippen molar-refractivity contribution in [2.45, 2.75) is 38.7 Å². The summed E-state index contributed by atoms with van der Waals surface area (Å²) in [7, 11) is 0. The maximum absolute atomic E-state index is 12.1. The summed E-state index contributed by atoms with van der Waals surface area (Å²) in [5, 5.41) is 9.50. The summed E-state index contributed by atoms with van der Waals surface area (Å²) in [5.41, 5.74) is -0.221. The van der Waals surface area contributed by atoms with Crippen molar-refractivity contribution in [2.75, 3.05) is 0 Å². The van der Waals surface area contributed by atoms with E-state index in [-0.39, 0.29) is 5.75 Å². The van der Waals surface area contributed by atoms with Gasteiger partial charge in [0, 0.05) is 0 Å². The van der Waals surface area contributed by atoms with Crippen LogP contribution >= 0.6 is 0 Å². The number of rotatable bonds is 5. The number of carbonyl (C=O) groups is 1. The van der Waals surface area contributed by atoms with E-state index >= 15 is 0 Å². The van der Waals surface area contributed by atoms with E-state index in [1.165, 1.54) is 12.1 Å². The van der Waals surface area contributed by atoms with Gasteiger partial charge >= 0.3 is 12.6 Å². The van der Waals surface area contributed by atoms with Crippen LogP contribution in [-0.2, 0) is 10.2 Å². The van der Waals surface area contributed by atoms with E-state index in [0.717, 1.165) is 0 Å². The monoisotopic (exact) mass is 284 g/mol. The number of alkyl halides is 2. The topological polar surface area (TPSA) is 46.5 Å². The lowest BCUT2D eigenvalue weighted by molar-refractivity contribution is -0.150. The maximum atomic E-state index is 12.1. The number of ether oxygens (including phenoxy) is 1. The van der Waals surface area contributed by atoms with Crippen molar-refractivity contribution in [1.29, 1.82) is 0 Å². The minimum Gasteiger partial charge on any atom is -0.481 e. The van der Waals surface area contributed by atoms with Crippen LogP contribution in [0.5, 0.6) is 5.75 Å². The van der Waals surface area contributed by atoms with Gasteiger partial charge in [-0.2, -0.15) is 8.78 Å². The normalized spacial score (nSPS) is 25.6. The van der Waals surface area contributed by atoms with Crippen LogP contribution < -0.4 is 4.74 Å². The molecule has 0 atom stereocenters. The zero-order chi connectivity index (χ0) is 14.9. The standard InChI is InChI=1S/C15H18F2O3/c1-9(2)10-7-15(8-10,13(18)19)11-3-5-12(6-4-11)20-14(16)17/h3-6,9-10,14H,7-8H2,1-2H3,(H,18,19). The Kier molecular flexibility index (Phi) is 3.97. The Bertz CT molecular complexity index is 476. The summed E-state index contributed by atoms with van der Waals surface area (Å²) in [5.74, 6) is 0.0351. The number of benzene rings is 1. The Balaban J connectivity index is 2.18. The van der Waals surface area contributed by atoms with Gasteiger partial charge < -0.3 is 9.84 Å². The van der Waals surface area contributed by atoms with Gasteiger partial charge in [0.2, 0.25) is 0 Å². The van der Waals surface area contributed by atoms with Gasteiger partial charge in [-0.1, -0.05) is 26.0 Å². The van der Waals surface area contributed by atoms with Gasteiger partial charge in [-0.05, 0) is 42.4 Å². The fourth-order valence-electron chi connectivity index (χ4n) is 2.80. The van der Waals surface area contributed by atoms with Gasteiger partial charge in [0.1, 0.15) is 5.75 Å². The highest BCUT2D eigenvalue weighted by atomic mass is 19.3. The molecule has 5 heteroatoms. The Morgan fingerprint density at radius 3 is 2.25 bits per heavy atom. The van der Waals surface area contributed by atoms with Crippen LogP contribution in [0, 0.1) is 11.8 Å². The van der Waals surface area contributed by atoms with Crippen molar-refractivity contribution in [2.24, 2.45) is 11.8 Å². The third kappa shape index (κ3) is 2.62. The number of carboxylic acid groups (broad SMARTS) is 1. The molecule has 1 aliphatic rings. The molecule has 110 valence electrons. The third-order valence-electron chi connectivity index (χ3n) is 4.21. The second-order valence-corrected chi connectivity index (χ2v) is 5.70. The lowest BCUT2D eigenvalue weighted by Gasteiger charge is -2.46. The molecule has 0 aliphatic heterocycles. The molecule has 0 aromatic heterocycles. The zero-order valence-electron chi connectivity index (χ0n) is 11.5. The fraction of sp³-hybridized carbons (Fsp3) is 0.533. The van der Waals surface area contributed by atoms with Crippen molar-refractivity contribution >= 4 is 5.97 Å². The highest BCUT2D eigenvalue weighted by Crippen LogP contribution is 2.51. The third-order valence-corrected chi connectivity index (χ3v) is 4.21. The molecule has 0 bridgehead atoms. The molecule has 3 nitrogen and oxygen atoms in total. The predicted octanol–water partition coefficient (Wildman–Crippen LogP) is 3.68. The van der Waals surface area contributed by atoms with E-state index < -0.39 is 18.0 Å². The van der Waals surface area contributed by atoms with E-state index in [1.54, 1.807) is 12.1 Å². The molecule has 0 spiro atoms. The summed E-state index contributed by atoms with van der Waals surface area (Å²) >= 11 is 0. The molecular formula is C15H18F2O3. The molecule has 1 aromatic rings. The molecule has 1 aromatic carbocycles. The Hall–Kier alpha value is -1.65. The second kappa shape index (κ2) is 5.38. The fourth-order valence-corrected chi connectivity index (χ4v) is 2.80. The number of halogens is 2.